The minimum Gasteiger partial charge on any atom is -0.396 e. The zero-order valence-electron chi connectivity index (χ0n) is 11.8. The molecule has 19 heavy (non-hydrogen) atoms. The second-order valence-electron chi connectivity index (χ2n) is 5.71. The van der Waals surface area contributed by atoms with Crippen LogP contribution in [0.3, 0.4) is 0 Å². The molecule has 0 saturated carbocycles. The maximum atomic E-state index is 12.1. The third kappa shape index (κ3) is 2.59. The van der Waals surface area contributed by atoms with Gasteiger partial charge in [0, 0.05) is 18.8 Å². The molecule has 0 spiro atoms. The lowest BCUT2D eigenvalue weighted by molar-refractivity contribution is -0.124. The average Bonchev–Trinajstić information content (AvgIpc) is 2.36. The Bertz CT molecular complexity index is 471. The minimum absolute atomic E-state index is 0.00312. The summed E-state index contributed by atoms with van der Waals surface area (Å²) in [4.78, 5) is 14.3. The molecular formula is C15H22N2O2. The lowest BCUT2D eigenvalue weighted by atomic mass is 9.92. The highest BCUT2D eigenvalue weighted by molar-refractivity contribution is 5.87. The van der Waals surface area contributed by atoms with E-state index in [1.54, 1.807) is 0 Å². The Labute approximate surface area is 114 Å². The van der Waals surface area contributed by atoms with Gasteiger partial charge in [0.2, 0.25) is 5.91 Å². The summed E-state index contributed by atoms with van der Waals surface area (Å²) < 4.78 is 0. The Hall–Kier alpha value is -1.55. The summed E-state index contributed by atoms with van der Waals surface area (Å²) in [5.74, 6) is -0.00312. The number of hydrogen-bond donors (Lipinski definition) is 2. The van der Waals surface area contributed by atoms with Gasteiger partial charge in [-0.3, -0.25) is 4.79 Å². The molecule has 0 radical (unpaired) electrons. The van der Waals surface area contributed by atoms with Crippen LogP contribution in [-0.2, 0) is 4.79 Å². The largest absolute Gasteiger partial charge is 0.396 e. The molecule has 1 aromatic rings. The van der Waals surface area contributed by atoms with Gasteiger partial charge in [-0.25, -0.2) is 0 Å². The van der Waals surface area contributed by atoms with Crippen LogP contribution in [0, 0.1) is 6.92 Å². The molecule has 4 heteroatoms. The van der Waals surface area contributed by atoms with E-state index in [1.165, 1.54) is 0 Å². The molecule has 1 heterocycles. The number of aliphatic hydroxyl groups excluding tert-OH is 1. The van der Waals surface area contributed by atoms with Gasteiger partial charge in [0.1, 0.15) is 6.04 Å². The number of carbonyl (C=O) groups excluding carboxylic acids is 1. The SMILES string of the molecule is Cc1ccccc1N1C(CCO)C(=O)NCC1(C)C. The number of aryl methyl sites for hydroxylation is 1. The molecule has 1 saturated heterocycles. The van der Waals surface area contributed by atoms with Crippen LogP contribution in [0.5, 0.6) is 0 Å². The van der Waals surface area contributed by atoms with E-state index in [0.717, 1.165) is 11.3 Å². The number of para-hydroxylation sites is 1. The first-order valence-electron chi connectivity index (χ1n) is 6.71. The zero-order chi connectivity index (χ0) is 14.0. The van der Waals surface area contributed by atoms with Crippen molar-refractivity contribution in [1.82, 2.24) is 5.32 Å². The van der Waals surface area contributed by atoms with Gasteiger partial charge in [0.25, 0.3) is 0 Å². The molecule has 1 aliphatic heterocycles. The molecule has 1 unspecified atom stereocenters. The van der Waals surface area contributed by atoms with E-state index in [2.05, 4.69) is 24.1 Å². The lowest BCUT2D eigenvalue weighted by Crippen LogP contribution is -2.66. The van der Waals surface area contributed by atoms with Gasteiger partial charge < -0.3 is 15.3 Å². The predicted molar refractivity (Wildman–Crippen MR) is 76.2 cm³/mol. The molecule has 2 N–H and O–H groups in total. The van der Waals surface area contributed by atoms with E-state index in [-0.39, 0.29) is 24.1 Å². The number of nitrogens with zero attached hydrogens (tertiary/aromatic N) is 1. The van der Waals surface area contributed by atoms with Crippen LogP contribution < -0.4 is 10.2 Å². The van der Waals surface area contributed by atoms with Crippen molar-refractivity contribution in [3.05, 3.63) is 29.8 Å². The highest BCUT2D eigenvalue weighted by atomic mass is 16.3. The first-order valence-corrected chi connectivity index (χ1v) is 6.71. The third-order valence-corrected chi connectivity index (χ3v) is 3.74. The summed E-state index contributed by atoms with van der Waals surface area (Å²) in [5.41, 5.74) is 2.05. The van der Waals surface area contributed by atoms with Crippen LogP contribution in [0.4, 0.5) is 5.69 Å². The van der Waals surface area contributed by atoms with Gasteiger partial charge in [0.15, 0.2) is 0 Å². The minimum atomic E-state index is -0.310. The van der Waals surface area contributed by atoms with Crippen molar-refractivity contribution in [3.8, 4) is 0 Å². The Kier molecular flexibility index (Phi) is 3.80. The number of rotatable bonds is 3. The standard InChI is InChI=1S/C15H22N2O2/c1-11-6-4-5-7-12(11)17-13(8-9-18)14(19)16-10-15(17,2)3/h4-7,13,18H,8-10H2,1-3H3,(H,16,19). The fourth-order valence-electron chi connectivity index (χ4n) is 2.76. The van der Waals surface area contributed by atoms with Gasteiger partial charge in [-0.05, 0) is 38.8 Å². The van der Waals surface area contributed by atoms with Crippen LogP contribution in [0.2, 0.25) is 0 Å². The van der Waals surface area contributed by atoms with Gasteiger partial charge in [0.05, 0.1) is 5.54 Å². The van der Waals surface area contributed by atoms with E-state index >= 15 is 0 Å². The molecule has 0 aliphatic carbocycles. The summed E-state index contributed by atoms with van der Waals surface area (Å²) >= 11 is 0. The fourth-order valence-corrected chi connectivity index (χ4v) is 2.76. The van der Waals surface area contributed by atoms with Crippen molar-refractivity contribution in [2.75, 3.05) is 18.1 Å². The number of aliphatic hydroxyl groups is 1. The van der Waals surface area contributed by atoms with E-state index in [4.69, 9.17) is 0 Å². The van der Waals surface area contributed by atoms with Gasteiger partial charge in [-0.2, -0.15) is 0 Å². The Morgan fingerprint density at radius 1 is 1.42 bits per heavy atom. The van der Waals surface area contributed by atoms with Crippen LogP contribution in [-0.4, -0.2) is 35.7 Å². The molecule has 2 rings (SSSR count). The van der Waals surface area contributed by atoms with Crippen LogP contribution in [0.25, 0.3) is 0 Å². The van der Waals surface area contributed by atoms with Crippen molar-refractivity contribution in [3.63, 3.8) is 0 Å². The summed E-state index contributed by atoms with van der Waals surface area (Å²) in [7, 11) is 0. The number of amides is 1. The van der Waals surface area contributed by atoms with Crippen LogP contribution >= 0.6 is 0 Å². The molecular weight excluding hydrogens is 240 g/mol. The van der Waals surface area contributed by atoms with Crippen molar-refractivity contribution >= 4 is 11.6 Å². The van der Waals surface area contributed by atoms with Crippen LogP contribution in [0.1, 0.15) is 25.8 Å². The number of piperazine rings is 1. The lowest BCUT2D eigenvalue weighted by Gasteiger charge is -2.49. The molecule has 104 valence electrons. The molecule has 1 aliphatic rings. The summed E-state index contributed by atoms with van der Waals surface area (Å²) in [6, 6.07) is 7.76. The van der Waals surface area contributed by atoms with E-state index in [9.17, 15) is 9.90 Å². The van der Waals surface area contributed by atoms with Gasteiger partial charge in [-0.15, -0.1) is 0 Å². The summed E-state index contributed by atoms with van der Waals surface area (Å²) in [6.07, 6.45) is 0.448. The number of carbonyl (C=O) groups is 1. The molecule has 0 aromatic heterocycles. The van der Waals surface area contributed by atoms with E-state index < -0.39 is 0 Å². The van der Waals surface area contributed by atoms with Crippen molar-refractivity contribution in [2.24, 2.45) is 0 Å². The predicted octanol–water partition coefficient (Wildman–Crippen LogP) is 1.46. The second kappa shape index (κ2) is 5.21. The molecule has 1 atom stereocenters. The highest BCUT2D eigenvalue weighted by Gasteiger charge is 2.41. The Morgan fingerprint density at radius 2 is 2.11 bits per heavy atom. The monoisotopic (exact) mass is 262 g/mol. The smallest absolute Gasteiger partial charge is 0.242 e. The van der Waals surface area contributed by atoms with Crippen LogP contribution in [0.15, 0.2) is 24.3 Å². The number of hydrogen-bond acceptors (Lipinski definition) is 3. The molecule has 1 aromatic carbocycles. The Morgan fingerprint density at radius 3 is 2.74 bits per heavy atom. The second-order valence-corrected chi connectivity index (χ2v) is 5.71. The topological polar surface area (TPSA) is 52.6 Å². The zero-order valence-corrected chi connectivity index (χ0v) is 11.8. The normalized spacial score (nSPS) is 22.2. The summed E-state index contributed by atoms with van der Waals surface area (Å²) in [6.45, 7) is 6.90. The van der Waals surface area contributed by atoms with Gasteiger partial charge in [-0.1, -0.05) is 18.2 Å². The third-order valence-electron chi connectivity index (χ3n) is 3.74. The summed E-state index contributed by atoms with van der Waals surface area (Å²) in [5, 5.41) is 12.2. The first-order chi connectivity index (χ1) is 8.97. The Balaban J connectivity index is 2.46. The quantitative estimate of drug-likeness (QED) is 0.867. The fraction of sp³-hybridized carbons (Fsp3) is 0.533. The number of benzene rings is 1. The number of nitrogens with one attached hydrogen (secondary N) is 1. The van der Waals surface area contributed by atoms with Crippen molar-refractivity contribution in [1.29, 1.82) is 0 Å². The molecule has 4 nitrogen and oxygen atoms in total. The molecule has 1 amide bonds. The molecule has 0 bridgehead atoms. The maximum Gasteiger partial charge on any atom is 0.242 e. The van der Waals surface area contributed by atoms with Gasteiger partial charge >= 0.3 is 0 Å². The van der Waals surface area contributed by atoms with Crippen molar-refractivity contribution in [2.45, 2.75) is 38.8 Å². The van der Waals surface area contributed by atoms with E-state index in [0.29, 0.717) is 13.0 Å². The highest BCUT2D eigenvalue weighted by Crippen LogP contribution is 2.32. The first kappa shape index (κ1) is 13.9. The van der Waals surface area contributed by atoms with E-state index in [1.807, 2.05) is 31.2 Å². The molecule has 1 fully saturated rings. The average molecular weight is 262 g/mol. The van der Waals surface area contributed by atoms with Crippen molar-refractivity contribution < 1.29 is 9.90 Å². The maximum absolute atomic E-state index is 12.1. The number of anilines is 1.